The van der Waals surface area contributed by atoms with Crippen LogP contribution in [0, 0.1) is 6.92 Å². The van der Waals surface area contributed by atoms with Crippen molar-refractivity contribution in [1.29, 1.82) is 0 Å². The highest BCUT2D eigenvalue weighted by atomic mass is 32.2. The van der Waals surface area contributed by atoms with E-state index in [0.29, 0.717) is 29.2 Å². The highest BCUT2D eigenvalue weighted by Crippen LogP contribution is 2.25. The van der Waals surface area contributed by atoms with E-state index in [9.17, 15) is 4.79 Å². The fourth-order valence-corrected chi connectivity index (χ4v) is 3.84. The van der Waals surface area contributed by atoms with Crippen LogP contribution >= 0.6 is 11.8 Å². The van der Waals surface area contributed by atoms with Gasteiger partial charge in [-0.15, -0.1) is 15.3 Å². The summed E-state index contributed by atoms with van der Waals surface area (Å²) in [5.74, 6) is 1.06. The summed E-state index contributed by atoms with van der Waals surface area (Å²) < 4.78 is 8.60. The Balaban J connectivity index is 1.63. The molecule has 0 fully saturated rings. The maximum absolute atomic E-state index is 12.7. The summed E-state index contributed by atoms with van der Waals surface area (Å²) in [6.07, 6.45) is 0. The second-order valence-corrected chi connectivity index (χ2v) is 7.42. The van der Waals surface area contributed by atoms with Crippen molar-refractivity contribution in [3.8, 4) is 11.4 Å². The zero-order valence-electron chi connectivity index (χ0n) is 16.1. The van der Waals surface area contributed by atoms with E-state index in [2.05, 4.69) is 26.6 Å². The Bertz CT molecular complexity index is 1200. The van der Waals surface area contributed by atoms with Crippen molar-refractivity contribution in [2.45, 2.75) is 24.5 Å². The second kappa shape index (κ2) is 8.54. The highest BCUT2D eigenvalue weighted by molar-refractivity contribution is 7.98. The molecule has 8 nitrogen and oxygen atoms in total. The molecule has 0 saturated heterocycles. The van der Waals surface area contributed by atoms with Gasteiger partial charge in [-0.25, -0.2) is 0 Å². The lowest BCUT2D eigenvalue weighted by Crippen LogP contribution is -2.23. The lowest BCUT2D eigenvalue weighted by Gasteiger charge is -2.10. The Morgan fingerprint density at radius 3 is 2.76 bits per heavy atom. The van der Waals surface area contributed by atoms with E-state index in [1.54, 1.807) is 19.2 Å². The summed E-state index contributed by atoms with van der Waals surface area (Å²) in [5.41, 5.74) is 2.55. The molecule has 2 heterocycles. The lowest BCUT2D eigenvalue weighted by atomic mass is 10.1. The van der Waals surface area contributed by atoms with Gasteiger partial charge in [0.25, 0.3) is 5.56 Å². The largest absolute Gasteiger partial charge is 0.383 e. The van der Waals surface area contributed by atoms with Gasteiger partial charge in [0.15, 0.2) is 11.0 Å². The number of rotatable bonds is 7. The van der Waals surface area contributed by atoms with Crippen LogP contribution in [0.5, 0.6) is 0 Å². The van der Waals surface area contributed by atoms with Gasteiger partial charge in [0.05, 0.1) is 24.4 Å². The highest BCUT2D eigenvalue weighted by Gasteiger charge is 2.15. The van der Waals surface area contributed by atoms with Crippen LogP contribution in [0.1, 0.15) is 5.56 Å². The minimum Gasteiger partial charge on any atom is -0.383 e. The topological polar surface area (TPSA) is 87.7 Å². The number of thioether (sulfide) groups is 1. The van der Waals surface area contributed by atoms with Crippen molar-refractivity contribution in [2.75, 3.05) is 13.7 Å². The minimum atomic E-state index is -0.176. The molecule has 9 heteroatoms. The zero-order chi connectivity index (χ0) is 20.2. The van der Waals surface area contributed by atoms with Gasteiger partial charge in [0.1, 0.15) is 5.52 Å². The van der Waals surface area contributed by atoms with Crippen molar-refractivity contribution in [1.82, 2.24) is 29.8 Å². The molecule has 0 atom stereocenters. The van der Waals surface area contributed by atoms with Crippen LogP contribution in [0.15, 0.2) is 58.5 Å². The Kier molecular flexibility index (Phi) is 5.68. The summed E-state index contributed by atoms with van der Waals surface area (Å²) >= 11 is 1.39. The average molecular weight is 408 g/mol. The number of aromatic nitrogens is 6. The molecular formula is C20H20N6O2S. The molecule has 0 radical (unpaired) electrons. The third-order valence-corrected chi connectivity index (χ3v) is 5.39. The summed E-state index contributed by atoms with van der Waals surface area (Å²) in [6.45, 7) is 3.17. The fraction of sp³-hybridized carbons (Fsp3) is 0.250. The predicted octanol–water partition coefficient (Wildman–Crippen LogP) is 2.75. The van der Waals surface area contributed by atoms with Gasteiger partial charge in [-0.2, -0.15) is 4.68 Å². The number of aryl methyl sites for hydroxylation is 1. The standard InChI is InChI=1S/C20H20N6O2S/c1-14-6-5-7-15(12-14)18-22-23-20(25(18)10-11-28-2)29-13-26-19(27)16-8-3-4-9-17(16)21-24-26/h3-9,12H,10-11,13H2,1-2H3. The van der Waals surface area contributed by atoms with Crippen molar-refractivity contribution in [3.05, 3.63) is 64.4 Å². The van der Waals surface area contributed by atoms with E-state index < -0.39 is 0 Å². The number of hydrogen-bond acceptors (Lipinski definition) is 7. The van der Waals surface area contributed by atoms with Crippen LogP contribution in [0.25, 0.3) is 22.3 Å². The normalized spacial score (nSPS) is 11.2. The molecular weight excluding hydrogens is 388 g/mol. The molecule has 0 bridgehead atoms. The molecule has 2 aromatic carbocycles. The molecule has 4 rings (SSSR count). The zero-order valence-corrected chi connectivity index (χ0v) is 17.0. The maximum atomic E-state index is 12.7. The molecule has 0 aliphatic rings. The fourth-order valence-electron chi connectivity index (χ4n) is 3.00. The molecule has 0 aliphatic carbocycles. The average Bonchev–Trinajstić information content (AvgIpc) is 3.14. The third-order valence-electron chi connectivity index (χ3n) is 4.46. The first-order valence-corrected chi connectivity index (χ1v) is 10.1. The van der Waals surface area contributed by atoms with E-state index in [1.807, 2.05) is 41.8 Å². The number of benzene rings is 2. The molecule has 0 saturated carbocycles. The van der Waals surface area contributed by atoms with Crippen LogP contribution in [-0.2, 0) is 17.2 Å². The summed E-state index contributed by atoms with van der Waals surface area (Å²) in [4.78, 5) is 12.7. The van der Waals surface area contributed by atoms with E-state index in [-0.39, 0.29) is 11.4 Å². The molecule has 2 aromatic heterocycles. The van der Waals surface area contributed by atoms with Gasteiger partial charge in [0, 0.05) is 12.7 Å². The van der Waals surface area contributed by atoms with Crippen LogP contribution in [0.2, 0.25) is 0 Å². The number of methoxy groups -OCH3 is 1. The monoisotopic (exact) mass is 408 g/mol. The molecule has 0 amide bonds. The van der Waals surface area contributed by atoms with Crippen LogP contribution in [0.4, 0.5) is 0 Å². The number of fused-ring (bicyclic) bond motifs is 1. The first-order valence-electron chi connectivity index (χ1n) is 9.12. The van der Waals surface area contributed by atoms with Crippen molar-refractivity contribution in [2.24, 2.45) is 0 Å². The Morgan fingerprint density at radius 1 is 1.07 bits per heavy atom. The van der Waals surface area contributed by atoms with Gasteiger partial charge in [-0.1, -0.05) is 52.9 Å². The first-order chi connectivity index (χ1) is 14.2. The summed E-state index contributed by atoms with van der Waals surface area (Å²) in [7, 11) is 1.66. The van der Waals surface area contributed by atoms with Crippen LogP contribution in [-0.4, -0.2) is 43.5 Å². The first kappa shape index (κ1) is 19.3. The third kappa shape index (κ3) is 4.06. The van der Waals surface area contributed by atoms with Gasteiger partial charge in [-0.05, 0) is 25.1 Å². The Morgan fingerprint density at radius 2 is 1.93 bits per heavy atom. The molecule has 0 unspecified atom stereocenters. The number of nitrogens with zero attached hydrogens (tertiary/aromatic N) is 6. The van der Waals surface area contributed by atoms with Gasteiger partial charge < -0.3 is 4.74 Å². The van der Waals surface area contributed by atoms with Crippen molar-refractivity contribution >= 4 is 22.7 Å². The van der Waals surface area contributed by atoms with Gasteiger partial charge >= 0.3 is 0 Å². The van der Waals surface area contributed by atoms with E-state index in [1.165, 1.54) is 16.4 Å². The molecule has 0 aliphatic heterocycles. The summed E-state index contributed by atoms with van der Waals surface area (Å²) in [6, 6.07) is 15.3. The van der Waals surface area contributed by atoms with E-state index >= 15 is 0 Å². The Labute approximate surface area is 171 Å². The smallest absolute Gasteiger partial charge is 0.278 e. The van der Waals surface area contributed by atoms with Crippen molar-refractivity contribution in [3.63, 3.8) is 0 Å². The van der Waals surface area contributed by atoms with Gasteiger partial charge in [-0.3, -0.25) is 9.36 Å². The Hall–Kier alpha value is -3.04. The minimum absolute atomic E-state index is 0.176. The molecule has 148 valence electrons. The number of ether oxygens (including phenoxy) is 1. The quantitative estimate of drug-likeness (QED) is 0.435. The van der Waals surface area contributed by atoms with Gasteiger partial charge in [0.2, 0.25) is 0 Å². The summed E-state index contributed by atoms with van der Waals surface area (Å²) in [5, 5.41) is 18.1. The van der Waals surface area contributed by atoms with E-state index in [4.69, 9.17) is 4.74 Å². The predicted molar refractivity (Wildman–Crippen MR) is 112 cm³/mol. The number of hydrogen-bond donors (Lipinski definition) is 0. The van der Waals surface area contributed by atoms with Crippen LogP contribution in [0.3, 0.4) is 0 Å². The molecule has 0 spiro atoms. The SMILES string of the molecule is COCCn1c(SCn2nnc3ccccc3c2=O)nnc1-c1cccc(C)c1. The lowest BCUT2D eigenvalue weighted by molar-refractivity contribution is 0.185. The second-order valence-electron chi connectivity index (χ2n) is 6.50. The molecule has 4 aromatic rings. The maximum Gasteiger partial charge on any atom is 0.278 e. The van der Waals surface area contributed by atoms with E-state index in [0.717, 1.165) is 17.0 Å². The molecule has 29 heavy (non-hydrogen) atoms. The van der Waals surface area contributed by atoms with Crippen molar-refractivity contribution < 1.29 is 4.74 Å². The van der Waals surface area contributed by atoms with Crippen LogP contribution < -0.4 is 5.56 Å². The molecule has 0 N–H and O–H groups in total.